The second-order valence-electron chi connectivity index (χ2n) is 6.70. The number of hydrogen-bond donors (Lipinski definition) is 2. The SMILES string of the molecule is NC(=O)CNC(=O)[C@@H]1[C@@H]2CC[C@@]3(CC(=O)c4ccccc4O3)[C@H]21. The molecule has 0 saturated heterocycles. The van der Waals surface area contributed by atoms with Crippen LogP contribution >= 0.6 is 0 Å². The first-order valence-corrected chi connectivity index (χ1v) is 7.89. The first-order valence-electron chi connectivity index (χ1n) is 7.89. The highest BCUT2D eigenvalue weighted by atomic mass is 16.5. The summed E-state index contributed by atoms with van der Waals surface area (Å²) in [6, 6.07) is 7.27. The molecule has 0 bridgehead atoms. The molecule has 0 unspecified atom stereocenters. The predicted molar refractivity (Wildman–Crippen MR) is 80.7 cm³/mol. The van der Waals surface area contributed by atoms with Gasteiger partial charge >= 0.3 is 0 Å². The van der Waals surface area contributed by atoms with Gasteiger partial charge in [0.1, 0.15) is 11.4 Å². The van der Waals surface area contributed by atoms with E-state index in [9.17, 15) is 14.4 Å². The Kier molecular flexibility index (Phi) is 2.98. The number of benzene rings is 1. The van der Waals surface area contributed by atoms with E-state index >= 15 is 0 Å². The Morgan fingerprint density at radius 1 is 1.35 bits per heavy atom. The number of primary amides is 1. The van der Waals surface area contributed by atoms with Gasteiger partial charge in [0.15, 0.2) is 5.78 Å². The molecule has 3 N–H and O–H groups in total. The Balaban J connectivity index is 1.54. The lowest BCUT2D eigenvalue weighted by atomic mass is 9.84. The molecule has 2 aliphatic carbocycles. The van der Waals surface area contributed by atoms with E-state index in [1.54, 1.807) is 6.07 Å². The second-order valence-corrected chi connectivity index (χ2v) is 6.70. The largest absolute Gasteiger partial charge is 0.486 e. The third-order valence-corrected chi connectivity index (χ3v) is 5.38. The first-order chi connectivity index (χ1) is 11.0. The molecule has 3 aliphatic rings. The minimum absolute atomic E-state index is 0.0488. The molecule has 1 heterocycles. The van der Waals surface area contributed by atoms with Gasteiger partial charge in [0.2, 0.25) is 11.8 Å². The van der Waals surface area contributed by atoms with Gasteiger partial charge in [0, 0.05) is 11.8 Å². The zero-order valence-electron chi connectivity index (χ0n) is 12.6. The quantitative estimate of drug-likeness (QED) is 0.855. The molecule has 4 atom stereocenters. The highest BCUT2D eigenvalue weighted by molar-refractivity contribution is 6.00. The fraction of sp³-hybridized carbons (Fsp3) is 0.471. The van der Waals surface area contributed by atoms with Crippen LogP contribution in [0.4, 0.5) is 0 Å². The molecule has 2 fully saturated rings. The van der Waals surface area contributed by atoms with Crippen LogP contribution in [-0.4, -0.2) is 29.7 Å². The molecular weight excluding hydrogens is 296 g/mol. The Hall–Kier alpha value is -2.37. The second kappa shape index (κ2) is 4.81. The molecule has 2 saturated carbocycles. The number of carbonyl (C=O) groups excluding carboxylic acids is 3. The highest BCUT2D eigenvalue weighted by Gasteiger charge is 2.70. The van der Waals surface area contributed by atoms with Crippen LogP contribution in [0.3, 0.4) is 0 Å². The van der Waals surface area contributed by atoms with Crippen molar-refractivity contribution < 1.29 is 19.1 Å². The molecule has 6 nitrogen and oxygen atoms in total. The molecule has 1 aromatic rings. The number of ketones is 1. The minimum atomic E-state index is -0.565. The number of para-hydroxylation sites is 1. The van der Waals surface area contributed by atoms with Crippen LogP contribution in [0.25, 0.3) is 0 Å². The summed E-state index contributed by atoms with van der Waals surface area (Å²) in [5.74, 6) is 0.0859. The summed E-state index contributed by atoms with van der Waals surface area (Å²) >= 11 is 0. The van der Waals surface area contributed by atoms with E-state index in [4.69, 9.17) is 10.5 Å². The number of nitrogens with two attached hydrogens (primary N) is 1. The summed E-state index contributed by atoms with van der Waals surface area (Å²) in [6.07, 6.45) is 1.99. The summed E-state index contributed by atoms with van der Waals surface area (Å²) < 4.78 is 6.22. The Morgan fingerprint density at radius 2 is 2.13 bits per heavy atom. The maximum absolute atomic E-state index is 12.5. The fourth-order valence-electron chi connectivity index (χ4n) is 4.41. The van der Waals surface area contributed by atoms with Gasteiger partial charge in [-0.05, 0) is 30.9 Å². The number of carbonyl (C=O) groups is 3. The van der Waals surface area contributed by atoms with Crippen LogP contribution < -0.4 is 15.8 Å². The van der Waals surface area contributed by atoms with E-state index in [0.717, 1.165) is 12.8 Å². The third kappa shape index (κ3) is 2.12. The van der Waals surface area contributed by atoms with E-state index in [-0.39, 0.29) is 36.0 Å². The van der Waals surface area contributed by atoms with E-state index in [2.05, 4.69) is 5.32 Å². The maximum Gasteiger partial charge on any atom is 0.236 e. The molecule has 0 aromatic heterocycles. The zero-order chi connectivity index (χ0) is 16.2. The lowest BCUT2D eigenvalue weighted by Gasteiger charge is -2.37. The number of fused-ring (bicyclic) bond motifs is 3. The predicted octanol–water partition coefficient (Wildman–Crippen LogP) is 0.648. The molecule has 2 amide bonds. The van der Waals surface area contributed by atoms with E-state index in [1.165, 1.54) is 0 Å². The summed E-state index contributed by atoms with van der Waals surface area (Å²) in [5, 5.41) is 2.57. The van der Waals surface area contributed by atoms with Gasteiger partial charge in [-0.1, -0.05) is 12.1 Å². The Labute approximate surface area is 133 Å². The standard InChI is InChI=1S/C17H18N2O4/c18-13(21)8-19-16(22)14-10-5-6-17(15(10)14)7-11(20)9-3-1-2-4-12(9)23-17/h1-4,10,14-15H,5-8H2,(H2,18,21)(H,19,22)/t10-,14+,15+,17+/m0/s1. The molecular formula is C17H18N2O4. The Bertz CT molecular complexity index is 716. The molecule has 1 aromatic carbocycles. The van der Waals surface area contributed by atoms with Crippen LogP contribution in [0.5, 0.6) is 5.75 Å². The number of Topliss-reactive ketones (excluding diaryl/α,β-unsaturated/α-hetero) is 1. The Morgan fingerprint density at radius 3 is 2.91 bits per heavy atom. The minimum Gasteiger partial charge on any atom is -0.486 e. The van der Waals surface area contributed by atoms with Crippen molar-refractivity contribution >= 4 is 17.6 Å². The number of hydrogen-bond acceptors (Lipinski definition) is 4. The normalized spacial score (nSPS) is 33.6. The number of ether oxygens (including phenoxy) is 1. The summed E-state index contributed by atoms with van der Waals surface area (Å²) in [7, 11) is 0. The topological polar surface area (TPSA) is 98.5 Å². The molecule has 4 rings (SSSR count). The van der Waals surface area contributed by atoms with E-state index in [1.807, 2.05) is 18.2 Å². The highest BCUT2D eigenvalue weighted by Crippen LogP contribution is 2.65. The molecule has 0 radical (unpaired) electrons. The molecule has 23 heavy (non-hydrogen) atoms. The van der Waals surface area contributed by atoms with Gasteiger partial charge in [0.25, 0.3) is 0 Å². The molecule has 1 spiro atoms. The van der Waals surface area contributed by atoms with Gasteiger partial charge in [-0.2, -0.15) is 0 Å². The smallest absolute Gasteiger partial charge is 0.236 e. The van der Waals surface area contributed by atoms with Crippen LogP contribution in [-0.2, 0) is 9.59 Å². The van der Waals surface area contributed by atoms with Crippen molar-refractivity contribution in [2.75, 3.05) is 6.54 Å². The van der Waals surface area contributed by atoms with Gasteiger partial charge in [-0.3, -0.25) is 14.4 Å². The van der Waals surface area contributed by atoms with Crippen LogP contribution in [0.1, 0.15) is 29.6 Å². The first kappa shape index (κ1) is 14.2. The van der Waals surface area contributed by atoms with Crippen molar-refractivity contribution in [1.82, 2.24) is 5.32 Å². The molecule has 1 aliphatic heterocycles. The molecule has 6 heteroatoms. The lowest BCUT2D eigenvalue weighted by Crippen LogP contribution is -2.45. The van der Waals surface area contributed by atoms with Crippen molar-refractivity contribution in [3.63, 3.8) is 0 Å². The lowest BCUT2D eigenvalue weighted by molar-refractivity contribution is -0.127. The summed E-state index contributed by atoms with van der Waals surface area (Å²) in [6.45, 7) is -0.148. The fourth-order valence-corrected chi connectivity index (χ4v) is 4.41. The van der Waals surface area contributed by atoms with Crippen molar-refractivity contribution in [3.8, 4) is 5.75 Å². The summed E-state index contributed by atoms with van der Waals surface area (Å²) in [5.41, 5.74) is 5.12. The number of nitrogens with one attached hydrogen (secondary N) is 1. The number of amides is 2. The van der Waals surface area contributed by atoms with Gasteiger partial charge in [-0.15, -0.1) is 0 Å². The van der Waals surface area contributed by atoms with Crippen LogP contribution in [0.15, 0.2) is 24.3 Å². The van der Waals surface area contributed by atoms with E-state index in [0.29, 0.717) is 17.7 Å². The zero-order valence-corrected chi connectivity index (χ0v) is 12.6. The maximum atomic E-state index is 12.5. The van der Waals surface area contributed by atoms with Crippen molar-refractivity contribution in [3.05, 3.63) is 29.8 Å². The van der Waals surface area contributed by atoms with Crippen molar-refractivity contribution in [2.24, 2.45) is 23.5 Å². The average Bonchev–Trinajstić information content (AvgIpc) is 3.17. The third-order valence-electron chi connectivity index (χ3n) is 5.38. The molecule has 120 valence electrons. The van der Waals surface area contributed by atoms with Crippen molar-refractivity contribution in [2.45, 2.75) is 24.9 Å². The van der Waals surface area contributed by atoms with Crippen molar-refractivity contribution in [1.29, 1.82) is 0 Å². The monoisotopic (exact) mass is 314 g/mol. The van der Waals surface area contributed by atoms with E-state index < -0.39 is 11.5 Å². The van der Waals surface area contributed by atoms with Gasteiger partial charge in [-0.25, -0.2) is 0 Å². The van der Waals surface area contributed by atoms with Gasteiger partial charge in [0.05, 0.1) is 18.5 Å². The average molecular weight is 314 g/mol. The van der Waals surface area contributed by atoms with Crippen LogP contribution in [0.2, 0.25) is 0 Å². The van der Waals surface area contributed by atoms with Crippen LogP contribution in [0, 0.1) is 17.8 Å². The summed E-state index contributed by atoms with van der Waals surface area (Å²) in [4.78, 5) is 35.5. The van der Waals surface area contributed by atoms with Gasteiger partial charge < -0.3 is 15.8 Å². The number of rotatable bonds is 3.